The average molecular weight is 761 g/mol. The molecule has 55 heavy (non-hydrogen) atoms. The molecular weight excluding hydrogens is 708 g/mol. The Morgan fingerprint density at radius 3 is 2.35 bits per heavy atom. The Hall–Kier alpha value is -4.81. The minimum absolute atomic E-state index is 0.00246. The minimum Gasteiger partial charge on any atom is -0.507 e. The molecule has 2 aromatic rings. The average Bonchev–Trinajstić information content (AvgIpc) is 3.40. The quantitative estimate of drug-likeness (QED) is 0.136. The van der Waals surface area contributed by atoms with Crippen LogP contribution in [-0.4, -0.2) is 75.4 Å². The van der Waals surface area contributed by atoms with Crippen molar-refractivity contribution in [1.82, 2.24) is 0 Å². The van der Waals surface area contributed by atoms with Crippen LogP contribution in [0.15, 0.2) is 42.0 Å². The van der Waals surface area contributed by atoms with Gasteiger partial charge in [0.15, 0.2) is 5.75 Å². The van der Waals surface area contributed by atoms with E-state index in [0.29, 0.717) is 23.1 Å². The fourth-order valence-electron chi connectivity index (χ4n) is 8.51. The Bertz CT molecular complexity index is 2070. The van der Waals surface area contributed by atoms with E-state index in [-0.39, 0.29) is 51.2 Å². The lowest BCUT2D eigenvalue weighted by Gasteiger charge is -2.48. The Labute approximate surface area is 320 Å². The van der Waals surface area contributed by atoms with Gasteiger partial charge in [-0.05, 0) is 38.3 Å². The number of ether oxygens (including phenoxy) is 4. The van der Waals surface area contributed by atoms with Gasteiger partial charge in [-0.25, -0.2) is 0 Å². The molecule has 4 aliphatic rings. The third-order valence-corrected chi connectivity index (χ3v) is 11.9. The van der Waals surface area contributed by atoms with E-state index in [0.717, 1.165) is 0 Å². The number of phenols is 2. The van der Waals surface area contributed by atoms with Crippen molar-refractivity contribution >= 4 is 39.8 Å². The number of carbonyl (C=O) groups is 3. The number of nitrogens with one attached hydrogen (secondary N) is 1. The summed E-state index contributed by atoms with van der Waals surface area (Å²) in [4.78, 5) is 42.6. The minimum atomic E-state index is -1.89. The number of aromatic hydroxyl groups is 2. The van der Waals surface area contributed by atoms with E-state index in [4.69, 9.17) is 18.9 Å². The highest BCUT2D eigenvalue weighted by molar-refractivity contribution is 6.24. The van der Waals surface area contributed by atoms with Crippen molar-refractivity contribution < 1.29 is 53.8 Å². The van der Waals surface area contributed by atoms with Crippen molar-refractivity contribution in [2.24, 2.45) is 29.6 Å². The number of phenolic OH excluding ortho intramolecular Hbond substituents is 2. The van der Waals surface area contributed by atoms with Crippen LogP contribution >= 0.6 is 0 Å². The SMILES string of the molecule is COC1/C=C/O[C@@]2(C)Oc3c(C)c(O)c4c(O)c(c5c(c4c3C2=O)C2CC(C)C=CN52)NC(=O)C(C)=C=C[C@H](C)[C@H](O)[C@@H](C)[C@@H](O)[C@@H](C)C(OC(C)=O)[C@H]1C. The van der Waals surface area contributed by atoms with Gasteiger partial charge >= 0.3 is 11.8 Å². The zero-order chi connectivity index (χ0) is 40.4. The Morgan fingerprint density at radius 2 is 1.69 bits per heavy atom. The van der Waals surface area contributed by atoms with Gasteiger partial charge in [0.1, 0.15) is 23.3 Å². The summed E-state index contributed by atoms with van der Waals surface area (Å²) in [5, 5.41) is 49.7. The van der Waals surface area contributed by atoms with Crippen molar-refractivity contribution in [2.75, 3.05) is 17.3 Å². The van der Waals surface area contributed by atoms with Crippen molar-refractivity contribution in [1.29, 1.82) is 0 Å². The summed E-state index contributed by atoms with van der Waals surface area (Å²) in [6.07, 6.45) is 5.14. The van der Waals surface area contributed by atoms with E-state index in [1.807, 2.05) is 17.2 Å². The molecule has 0 radical (unpaired) electrons. The van der Waals surface area contributed by atoms with Crippen LogP contribution in [0.25, 0.3) is 10.8 Å². The second kappa shape index (κ2) is 14.7. The Morgan fingerprint density at radius 1 is 1.00 bits per heavy atom. The highest BCUT2D eigenvalue weighted by Crippen LogP contribution is 2.63. The smallest absolute Gasteiger partial charge is 0.312 e. The number of allylic oxidation sites excluding steroid dienone is 1. The second-order valence-electron chi connectivity index (χ2n) is 15.8. The van der Waals surface area contributed by atoms with Gasteiger partial charge < -0.3 is 49.6 Å². The largest absolute Gasteiger partial charge is 0.507 e. The van der Waals surface area contributed by atoms with Crippen molar-refractivity contribution in [3.05, 3.63) is 58.7 Å². The zero-order valence-electron chi connectivity index (χ0n) is 33.0. The number of hydrogen-bond acceptors (Lipinski definition) is 12. The molecule has 4 heterocycles. The summed E-state index contributed by atoms with van der Waals surface area (Å²) >= 11 is 0. The molecule has 296 valence electrons. The molecular formula is C42H52N2O11. The molecule has 1 amide bonds. The number of hydrogen-bond donors (Lipinski definition) is 5. The summed E-state index contributed by atoms with van der Waals surface area (Å²) < 4.78 is 23.9. The number of nitrogens with zero attached hydrogens (tertiary/aromatic N) is 1. The van der Waals surface area contributed by atoms with Crippen LogP contribution < -0.4 is 15.0 Å². The van der Waals surface area contributed by atoms with Crippen LogP contribution in [0.3, 0.4) is 0 Å². The van der Waals surface area contributed by atoms with E-state index in [1.54, 1.807) is 53.7 Å². The molecule has 0 aliphatic carbocycles. The van der Waals surface area contributed by atoms with Crippen LogP contribution in [-0.2, 0) is 23.8 Å². The van der Waals surface area contributed by atoms with E-state index in [1.165, 1.54) is 27.2 Å². The van der Waals surface area contributed by atoms with Gasteiger partial charge in [-0.3, -0.25) is 14.4 Å². The van der Waals surface area contributed by atoms with E-state index >= 15 is 0 Å². The molecule has 0 aromatic heterocycles. The number of Topliss-reactive ketones (excluding diaryl/α,β-unsaturated/α-hetero) is 1. The van der Waals surface area contributed by atoms with Gasteiger partial charge in [-0.1, -0.05) is 40.7 Å². The van der Waals surface area contributed by atoms with Crippen molar-refractivity contribution in [2.45, 2.75) is 105 Å². The molecule has 4 unspecified atom stereocenters. The number of anilines is 2. The first-order chi connectivity index (χ1) is 25.8. The molecule has 11 atom stereocenters. The molecule has 4 aliphatic heterocycles. The first kappa shape index (κ1) is 39.9. The van der Waals surface area contributed by atoms with Gasteiger partial charge in [0.2, 0.25) is 0 Å². The predicted octanol–water partition coefficient (Wildman–Crippen LogP) is 6.06. The summed E-state index contributed by atoms with van der Waals surface area (Å²) in [5.74, 6) is -6.54. The van der Waals surface area contributed by atoms with Crippen LogP contribution in [0.2, 0.25) is 0 Å². The number of aliphatic hydroxyl groups excluding tert-OH is 2. The number of rotatable bonds is 2. The lowest BCUT2D eigenvalue weighted by Crippen LogP contribution is -2.46. The maximum atomic E-state index is 14.5. The fourth-order valence-corrected chi connectivity index (χ4v) is 8.51. The van der Waals surface area contributed by atoms with Crippen molar-refractivity contribution in [3.63, 3.8) is 0 Å². The Kier molecular flexibility index (Phi) is 10.6. The zero-order valence-corrected chi connectivity index (χ0v) is 33.0. The lowest BCUT2D eigenvalue weighted by molar-refractivity contribution is -0.160. The van der Waals surface area contributed by atoms with Crippen LogP contribution in [0.4, 0.5) is 11.4 Å². The van der Waals surface area contributed by atoms with Crippen LogP contribution in [0.1, 0.15) is 89.3 Å². The number of benzene rings is 2. The highest BCUT2D eigenvalue weighted by atomic mass is 16.7. The predicted molar refractivity (Wildman–Crippen MR) is 205 cm³/mol. The molecule has 4 bridgehead atoms. The number of ketones is 1. The number of methoxy groups -OCH3 is 1. The summed E-state index contributed by atoms with van der Waals surface area (Å²) in [5.41, 5.74) is 4.65. The van der Waals surface area contributed by atoms with Gasteiger partial charge in [-0.2, -0.15) is 0 Å². The lowest BCUT2D eigenvalue weighted by atomic mass is 9.77. The van der Waals surface area contributed by atoms with Gasteiger partial charge in [0.05, 0.1) is 52.8 Å². The fraction of sp³-hybridized carbons (Fsp3) is 0.524. The van der Waals surface area contributed by atoms with Gasteiger partial charge in [-0.15, -0.1) is 5.73 Å². The molecule has 0 spiro atoms. The molecule has 6 rings (SSSR count). The molecule has 13 nitrogen and oxygen atoms in total. The van der Waals surface area contributed by atoms with E-state index < -0.39 is 77.3 Å². The molecule has 0 saturated heterocycles. The first-order valence-corrected chi connectivity index (χ1v) is 18.8. The molecule has 2 aromatic carbocycles. The van der Waals surface area contributed by atoms with E-state index in [9.17, 15) is 34.8 Å². The number of esters is 1. The number of amides is 1. The normalized spacial score (nSPS) is 34.0. The maximum Gasteiger partial charge on any atom is 0.312 e. The van der Waals surface area contributed by atoms with Gasteiger partial charge in [0, 0.05) is 67.3 Å². The standard InChI is InChI=1S/C42H52N2O11/c1-18-13-15-44-26(17-18)28-29-30-36(48)24(7)39-31(29)40(50)42(9,55-39)53-16-14-27(52-10)21(4)38(54-25(8)45)23(6)35(47)22(5)34(46)19(2)11-12-20(3)41(51)43-32(33(28)44)37(30)49/h11,13-16,18-19,21-23,26-27,34-35,38,46-49H,17H2,1-10H3,(H,43,51)/b16-14+/t12?,18?,19-,21-,22+,23+,26?,27?,34-,35+,38?,42-/m0/s1. The maximum absolute atomic E-state index is 14.5. The summed E-state index contributed by atoms with van der Waals surface area (Å²) in [7, 11) is 1.47. The number of carbonyl (C=O) groups excluding carboxylic acids is 3. The number of fused-ring (bicyclic) bond motifs is 2. The summed E-state index contributed by atoms with van der Waals surface area (Å²) in [6.45, 7) is 14.9. The third kappa shape index (κ3) is 6.56. The summed E-state index contributed by atoms with van der Waals surface area (Å²) in [6, 6.07) is -0.234. The van der Waals surface area contributed by atoms with Crippen LogP contribution in [0, 0.1) is 36.5 Å². The molecule has 0 saturated carbocycles. The third-order valence-electron chi connectivity index (χ3n) is 11.9. The monoisotopic (exact) mass is 760 g/mol. The van der Waals surface area contributed by atoms with E-state index in [2.05, 4.69) is 18.0 Å². The first-order valence-electron chi connectivity index (χ1n) is 18.8. The molecule has 0 fully saturated rings. The second-order valence-corrected chi connectivity index (χ2v) is 15.8. The van der Waals surface area contributed by atoms with Crippen LogP contribution in [0.5, 0.6) is 17.2 Å². The molecule has 13 heteroatoms. The molecule has 5 N–H and O–H groups in total. The Balaban J connectivity index is 1.55. The highest BCUT2D eigenvalue weighted by Gasteiger charge is 2.52. The van der Waals surface area contributed by atoms with Crippen molar-refractivity contribution in [3.8, 4) is 17.2 Å². The van der Waals surface area contributed by atoms with Gasteiger partial charge in [0.25, 0.3) is 11.7 Å². The topological polar surface area (TPSA) is 184 Å². The number of aliphatic hydroxyl groups is 2.